The minimum Gasteiger partial charge on any atom is -0.343 e. The Morgan fingerprint density at radius 2 is 1.72 bits per heavy atom. The van der Waals surface area contributed by atoms with E-state index < -0.39 is 0 Å². The molecule has 1 fully saturated rings. The molecular weight excluding hydrogens is 386 g/mol. The summed E-state index contributed by atoms with van der Waals surface area (Å²) in [5.41, 5.74) is 2.80. The van der Waals surface area contributed by atoms with Crippen LogP contribution in [0.4, 0.5) is 0 Å². The molecule has 1 aliphatic heterocycles. The Hall–Kier alpha value is -2.92. The fourth-order valence-corrected chi connectivity index (χ4v) is 3.76. The highest BCUT2D eigenvalue weighted by atomic mass is 35.5. The van der Waals surface area contributed by atoms with Crippen molar-refractivity contribution in [2.24, 2.45) is 0 Å². The summed E-state index contributed by atoms with van der Waals surface area (Å²) in [6.07, 6.45) is 3.21. The van der Waals surface area contributed by atoms with E-state index in [0.29, 0.717) is 16.3 Å². The van der Waals surface area contributed by atoms with Gasteiger partial charge in [0.05, 0.1) is 23.3 Å². The summed E-state index contributed by atoms with van der Waals surface area (Å²) < 4.78 is 0. The first-order valence-electron chi connectivity index (χ1n) is 9.83. The van der Waals surface area contributed by atoms with Gasteiger partial charge >= 0.3 is 0 Å². The number of likely N-dealkylation sites (tertiary alicyclic amines) is 1. The smallest absolute Gasteiger partial charge is 0.252 e. The second-order valence-corrected chi connectivity index (χ2v) is 7.64. The highest BCUT2D eigenvalue weighted by molar-refractivity contribution is 6.30. The third kappa shape index (κ3) is 4.40. The molecular formula is C23H22ClN3O2. The van der Waals surface area contributed by atoms with Gasteiger partial charge < -0.3 is 10.2 Å². The lowest BCUT2D eigenvalue weighted by Crippen LogP contribution is -2.42. The maximum absolute atomic E-state index is 13.0. The quantitative estimate of drug-likeness (QED) is 0.701. The van der Waals surface area contributed by atoms with Gasteiger partial charge in [0.1, 0.15) is 0 Å². The van der Waals surface area contributed by atoms with Crippen LogP contribution in [-0.4, -0.2) is 41.3 Å². The number of rotatable bonds is 4. The first-order chi connectivity index (χ1) is 14.1. The van der Waals surface area contributed by atoms with Gasteiger partial charge in [-0.3, -0.25) is 9.59 Å². The summed E-state index contributed by atoms with van der Waals surface area (Å²) in [5.74, 6) is -0.307. The number of pyridine rings is 1. The van der Waals surface area contributed by atoms with Gasteiger partial charge in [0.25, 0.3) is 5.91 Å². The molecule has 4 rings (SSSR count). The van der Waals surface area contributed by atoms with Crippen LogP contribution in [0.1, 0.15) is 29.6 Å². The van der Waals surface area contributed by atoms with Crippen molar-refractivity contribution in [3.8, 4) is 11.3 Å². The van der Waals surface area contributed by atoms with Gasteiger partial charge in [-0.25, -0.2) is 4.98 Å². The monoisotopic (exact) mass is 407 g/mol. The number of nitrogens with one attached hydrogen (secondary N) is 1. The molecule has 1 aliphatic rings. The van der Waals surface area contributed by atoms with Crippen molar-refractivity contribution in [2.75, 3.05) is 19.6 Å². The molecule has 5 nitrogen and oxygen atoms in total. The Kier molecular flexibility index (Phi) is 5.76. The van der Waals surface area contributed by atoms with E-state index in [-0.39, 0.29) is 18.4 Å². The zero-order valence-corrected chi connectivity index (χ0v) is 16.8. The van der Waals surface area contributed by atoms with Crippen molar-refractivity contribution in [3.63, 3.8) is 0 Å². The molecule has 0 saturated carbocycles. The standard InChI is InChI=1S/C23H22ClN3O2/c24-17-10-8-16(9-11-17)21-14-19(18-6-2-3-7-20(18)26-21)23(29)25-15-22(28)27-12-4-1-5-13-27/h2-3,6-11,14H,1,4-5,12-13,15H2,(H,25,29). The first kappa shape index (κ1) is 19.4. The van der Waals surface area contributed by atoms with Crippen LogP contribution < -0.4 is 5.32 Å². The van der Waals surface area contributed by atoms with Crippen LogP contribution in [0.5, 0.6) is 0 Å². The number of para-hydroxylation sites is 1. The van der Waals surface area contributed by atoms with Gasteiger partial charge in [0.2, 0.25) is 5.91 Å². The summed E-state index contributed by atoms with van der Waals surface area (Å²) >= 11 is 5.99. The molecule has 1 aromatic heterocycles. The number of hydrogen-bond donors (Lipinski definition) is 1. The van der Waals surface area contributed by atoms with E-state index >= 15 is 0 Å². The predicted molar refractivity (Wildman–Crippen MR) is 115 cm³/mol. The Labute approximate surface area is 174 Å². The van der Waals surface area contributed by atoms with Crippen molar-refractivity contribution in [1.82, 2.24) is 15.2 Å². The fraction of sp³-hybridized carbons (Fsp3) is 0.261. The Balaban J connectivity index is 1.60. The van der Waals surface area contributed by atoms with Crippen LogP contribution in [0.2, 0.25) is 5.02 Å². The largest absolute Gasteiger partial charge is 0.343 e. The van der Waals surface area contributed by atoms with E-state index in [0.717, 1.165) is 48.8 Å². The molecule has 3 aromatic rings. The molecule has 0 spiro atoms. The fourth-order valence-electron chi connectivity index (χ4n) is 3.64. The normalized spacial score (nSPS) is 14.0. The third-order valence-electron chi connectivity index (χ3n) is 5.21. The second-order valence-electron chi connectivity index (χ2n) is 7.20. The van der Waals surface area contributed by atoms with Crippen molar-refractivity contribution < 1.29 is 9.59 Å². The molecule has 29 heavy (non-hydrogen) atoms. The van der Waals surface area contributed by atoms with Crippen molar-refractivity contribution in [1.29, 1.82) is 0 Å². The zero-order chi connectivity index (χ0) is 20.2. The minimum absolute atomic E-state index is 0.00572. The molecule has 1 N–H and O–H groups in total. The molecule has 2 amide bonds. The third-order valence-corrected chi connectivity index (χ3v) is 5.46. The van der Waals surface area contributed by atoms with Gasteiger partial charge in [0, 0.05) is 29.1 Å². The number of carbonyl (C=O) groups excluding carboxylic acids is 2. The van der Waals surface area contributed by atoms with E-state index in [1.807, 2.05) is 41.3 Å². The molecule has 2 aromatic carbocycles. The molecule has 0 aliphatic carbocycles. The van der Waals surface area contributed by atoms with Gasteiger partial charge in [-0.2, -0.15) is 0 Å². The number of halogens is 1. The predicted octanol–water partition coefficient (Wildman–Crippen LogP) is 4.30. The van der Waals surface area contributed by atoms with Gasteiger partial charge in [-0.15, -0.1) is 0 Å². The summed E-state index contributed by atoms with van der Waals surface area (Å²) in [6, 6.07) is 16.6. The Morgan fingerprint density at radius 3 is 2.48 bits per heavy atom. The van der Waals surface area contributed by atoms with Gasteiger partial charge in [-0.1, -0.05) is 41.9 Å². The number of benzene rings is 2. The maximum Gasteiger partial charge on any atom is 0.252 e. The maximum atomic E-state index is 13.0. The van der Waals surface area contributed by atoms with Crippen molar-refractivity contribution >= 4 is 34.3 Å². The average Bonchev–Trinajstić information content (AvgIpc) is 2.77. The summed E-state index contributed by atoms with van der Waals surface area (Å²) in [5, 5.41) is 4.20. The number of piperidine rings is 1. The molecule has 2 heterocycles. The summed E-state index contributed by atoms with van der Waals surface area (Å²) in [6.45, 7) is 1.55. The number of amides is 2. The molecule has 0 unspecified atom stereocenters. The van der Waals surface area contributed by atoms with Gasteiger partial charge in [0.15, 0.2) is 0 Å². The Morgan fingerprint density at radius 1 is 1.00 bits per heavy atom. The van der Waals surface area contributed by atoms with Crippen molar-refractivity contribution in [2.45, 2.75) is 19.3 Å². The molecule has 1 saturated heterocycles. The number of hydrogen-bond acceptors (Lipinski definition) is 3. The number of nitrogens with zero attached hydrogens (tertiary/aromatic N) is 2. The van der Waals surface area contributed by atoms with E-state index in [9.17, 15) is 9.59 Å². The zero-order valence-electron chi connectivity index (χ0n) is 16.0. The lowest BCUT2D eigenvalue weighted by Gasteiger charge is -2.26. The molecule has 0 radical (unpaired) electrons. The lowest BCUT2D eigenvalue weighted by atomic mass is 10.0. The topological polar surface area (TPSA) is 62.3 Å². The summed E-state index contributed by atoms with van der Waals surface area (Å²) in [4.78, 5) is 31.9. The summed E-state index contributed by atoms with van der Waals surface area (Å²) in [7, 11) is 0. The van der Waals surface area contributed by atoms with Crippen LogP contribution in [0.25, 0.3) is 22.2 Å². The average molecular weight is 408 g/mol. The van der Waals surface area contributed by atoms with E-state index in [4.69, 9.17) is 11.6 Å². The second kappa shape index (κ2) is 8.62. The molecule has 6 heteroatoms. The van der Waals surface area contributed by atoms with Crippen molar-refractivity contribution in [3.05, 3.63) is 65.2 Å². The van der Waals surface area contributed by atoms with Crippen LogP contribution in [0.3, 0.4) is 0 Å². The Bertz CT molecular complexity index is 1040. The molecule has 148 valence electrons. The van der Waals surface area contributed by atoms with E-state index in [1.54, 1.807) is 18.2 Å². The van der Waals surface area contributed by atoms with E-state index in [1.165, 1.54) is 0 Å². The van der Waals surface area contributed by atoms with Crippen LogP contribution >= 0.6 is 11.6 Å². The molecule has 0 atom stereocenters. The highest BCUT2D eigenvalue weighted by Crippen LogP contribution is 2.26. The van der Waals surface area contributed by atoms with Crippen LogP contribution in [-0.2, 0) is 4.79 Å². The number of fused-ring (bicyclic) bond motifs is 1. The first-order valence-corrected chi connectivity index (χ1v) is 10.2. The lowest BCUT2D eigenvalue weighted by molar-refractivity contribution is -0.130. The van der Waals surface area contributed by atoms with Crippen LogP contribution in [0, 0.1) is 0 Å². The van der Waals surface area contributed by atoms with E-state index in [2.05, 4.69) is 10.3 Å². The van der Waals surface area contributed by atoms with Gasteiger partial charge in [-0.05, 0) is 43.5 Å². The molecule has 0 bridgehead atoms. The highest BCUT2D eigenvalue weighted by Gasteiger charge is 2.19. The SMILES string of the molecule is O=C(NCC(=O)N1CCCCC1)c1cc(-c2ccc(Cl)cc2)nc2ccccc12. The number of carbonyl (C=O) groups is 2. The van der Waals surface area contributed by atoms with Crippen LogP contribution in [0.15, 0.2) is 54.6 Å². The number of aromatic nitrogens is 1. The minimum atomic E-state index is -0.274.